The molecule has 1 unspecified atom stereocenters. The van der Waals surface area contributed by atoms with Gasteiger partial charge in [-0.05, 0) is 66.5 Å². The number of carbonyl (C=O) groups is 1. The van der Waals surface area contributed by atoms with E-state index < -0.39 is 0 Å². The molecule has 6 nitrogen and oxygen atoms in total. The lowest BCUT2D eigenvalue weighted by Crippen LogP contribution is -2.36. The quantitative estimate of drug-likeness (QED) is 0.0950. The van der Waals surface area contributed by atoms with Crippen LogP contribution < -0.4 is 9.64 Å². The number of anilines is 1. The summed E-state index contributed by atoms with van der Waals surface area (Å²) in [5, 5.41) is 4.69. The number of hydrogen-bond donors (Lipinski definition) is 0. The minimum atomic E-state index is -0.236. The number of nitrogens with zero attached hydrogens (tertiary/aromatic N) is 4. The second-order valence-electron chi connectivity index (χ2n) is 13.9. The number of hydrogen-bond acceptors (Lipinski definition) is 4. The van der Waals surface area contributed by atoms with Crippen molar-refractivity contribution in [1.29, 1.82) is 0 Å². The fraction of sp³-hybridized carbons (Fsp3) is 0.500. The van der Waals surface area contributed by atoms with E-state index in [1.807, 2.05) is 47.6 Å². The Balaban J connectivity index is 1.25. The van der Waals surface area contributed by atoms with Crippen LogP contribution in [-0.2, 0) is 30.9 Å². The van der Waals surface area contributed by atoms with E-state index >= 15 is 0 Å². The summed E-state index contributed by atoms with van der Waals surface area (Å²) in [5.74, 6) is 1.08. The number of ether oxygens (including phenoxy) is 1. The van der Waals surface area contributed by atoms with Gasteiger partial charge in [0.25, 0.3) is 0 Å². The van der Waals surface area contributed by atoms with Crippen LogP contribution >= 0.6 is 0 Å². The van der Waals surface area contributed by atoms with Crippen LogP contribution in [0, 0.1) is 0 Å². The first-order valence-electron chi connectivity index (χ1n) is 18.6. The topological polar surface area (TPSA) is 60.2 Å². The van der Waals surface area contributed by atoms with Gasteiger partial charge in [0.15, 0.2) is 0 Å². The zero-order valence-corrected chi connectivity index (χ0v) is 29.6. The summed E-state index contributed by atoms with van der Waals surface area (Å²) in [6, 6.07) is 20.6. The number of rotatable bonds is 19. The summed E-state index contributed by atoms with van der Waals surface area (Å²) >= 11 is 0. The summed E-state index contributed by atoms with van der Waals surface area (Å²) in [6.45, 7) is 8.46. The molecule has 0 spiro atoms. The summed E-state index contributed by atoms with van der Waals surface area (Å²) in [4.78, 5) is 21.2. The lowest BCUT2D eigenvalue weighted by atomic mass is 9.81. The molecule has 6 heteroatoms. The van der Waals surface area contributed by atoms with Crippen molar-refractivity contribution in [3.8, 4) is 5.75 Å². The predicted octanol–water partition coefficient (Wildman–Crippen LogP) is 10.6. The third kappa shape index (κ3) is 10.0. The van der Waals surface area contributed by atoms with Gasteiger partial charge in [0, 0.05) is 24.0 Å². The third-order valence-corrected chi connectivity index (χ3v) is 9.71. The lowest BCUT2D eigenvalue weighted by Gasteiger charge is -2.31. The molecule has 0 bridgehead atoms. The van der Waals surface area contributed by atoms with Crippen molar-refractivity contribution in [2.75, 3.05) is 4.90 Å². The highest BCUT2D eigenvalue weighted by atomic mass is 16.5. The minimum absolute atomic E-state index is 0.109. The van der Waals surface area contributed by atoms with Gasteiger partial charge in [-0.1, -0.05) is 121 Å². The van der Waals surface area contributed by atoms with E-state index in [0.29, 0.717) is 19.1 Å². The van der Waals surface area contributed by atoms with Crippen LogP contribution in [0.1, 0.15) is 138 Å². The van der Waals surface area contributed by atoms with Crippen molar-refractivity contribution in [3.05, 3.63) is 107 Å². The molecular formula is C42H56N4O2. The number of benzene rings is 2. The van der Waals surface area contributed by atoms with Crippen LogP contribution in [0.2, 0.25) is 0 Å². The van der Waals surface area contributed by atoms with E-state index in [2.05, 4.69) is 67.1 Å². The first-order valence-corrected chi connectivity index (χ1v) is 18.6. The Hall–Kier alpha value is -3.93. The highest BCUT2D eigenvalue weighted by Crippen LogP contribution is 2.39. The fourth-order valence-electron chi connectivity index (χ4n) is 6.88. The van der Waals surface area contributed by atoms with Crippen molar-refractivity contribution in [3.63, 3.8) is 0 Å². The molecule has 1 aliphatic rings. The van der Waals surface area contributed by atoms with Gasteiger partial charge in [0.05, 0.1) is 30.5 Å². The highest BCUT2D eigenvalue weighted by molar-refractivity contribution is 5.98. The first kappa shape index (κ1) is 35.4. The molecular weight excluding hydrogens is 592 g/mol. The van der Waals surface area contributed by atoms with Gasteiger partial charge in [-0.25, -0.2) is 0 Å². The highest BCUT2D eigenvalue weighted by Gasteiger charge is 2.32. The van der Waals surface area contributed by atoms with Crippen molar-refractivity contribution in [1.82, 2.24) is 14.8 Å². The maximum Gasteiger partial charge on any atom is 0.234 e. The molecule has 1 amide bonds. The van der Waals surface area contributed by atoms with E-state index in [4.69, 9.17) is 9.72 Å². The van der Waals surface area contributed by atoms with E-state index in [-0.39, 0.29) is 11.8 Å². The summed E-state index contributed by atoms with van der Waals surface area (Å²) in [6.07, 6.45) is 21.8. The van der Waals surface area contributed by atoms with Gasteiger partial charge in [0.2, 0.25) is 5.91 Å². The number of unbranched alkanes of at least 4 members (excludes halogenated alkanes) is 9. The van der Waals surface area contributed by atoms with E-state index in [0.717, 1.165) is 71.6 Å². The number of aryl methyl sites for hydroxylation is 1. The van der Waals surface area contributed by atoms with Crippen molar-refractivity contribution in [2.24, 2.45) is 0 Å². The Kier molecular flexibility index (Phi) is 13.7. The zero-order chi connectivity index (χ0) is 33.6. The normalized spacial score (nSPS) is 14.2. The van der Waals surface area contributed by atoms with Gasteiger partial charge in [-0.2, -0.15) is 5.10 Å². The Morgan fingerprint density at radius 1 is 0.875 bits per heavy atom. The van der Waals surface area contributed by atoms with Crippen molar-refractivity contribution < 1.29 is 9.53 Å². The molecule has 48 heavy (non-hydrogen) atoms. The second kappa shape index (κ2) is 18.6. The molecule has 2 heterocycles. The number of fused-ring (bicyclic) bond motifs is 1. The maximum absolute atomic E-state index is 14.6. The average Bonchev–Trinajstić information content (AvgIpc) is 3.57. The Morgan fingerprint density at radius 2 is 1.62 bits per heavy atom. The molecule has 0 N–H and O–H groups in total. The van der Waals surface area contributed by atoms with Crippen LogP contribution in [0.15, 0.2) is 79.3 Å². The molecule has 2 aromatic carbocycles. The summed E-state index contributed by atoms with van der Waals surface area (Å²) in [5.41, 5.74) is 6.28. The van der Waals surface area contributed by atoms with E-state index in [1.54, 1.807) is 0 Å². The third-order valence-electron chi connectivity index (χ3n) is 9.71. The van der Waals surface area contributed by atoms with Gasteiger partial charge in [-0.3, -0.25) is 14.5 Å². The molecule has 5 rings (SSSR count). The van der Waals surface area contributed by atoms with Crippen LogP contribution in [0.25, 0.3) is 0 Å². The number of aromatic nitrogens is 3. The molecule has 0 saturated carbocycles. The van der Waals surface area contributed by atoms with Crippen LogP contribution in [0.5, 0.6) is 5.75 Å². The lowest BCUT2D eigenvalue weighted by molar-refractivity contribution is -0.120. The van der Waals surface area contributed by atoms with Gasteiger partial charge in [-0.15, -0.1) is 0 Å². The standard InChI is InChI=1S/C42H56N4O2/c1-4-5-6-7-8-9-10-11-12-16-27-45-30-35(28-44-45)31-46(36-25-26-40(33(2)3)43-29-36)42(47)39-23-17-22-38-37(39)21-18-24-41(38)48-32-34-19-14-13-15-20-34/h13-15,18-21,24-26,28-30,33,39H,4-12,16-17,22-23,27,31-32H2,1-3H3. The summed E-state index contributed by atoms with van der Waals surface area (Å²) < 4.78 is 8.38. The van der Waals surface area contributed by atoms with E-state index in [1.165, 1.54) is 57.8 Å². The number of pyridine rings is 1. The molecule has 0 aliphatic heterocycles. The second-order valence-corrected chi connectivity index (χ2v) is 13.9. The molecule has 4 aromatic rings. The maximum atomic E-state index is 14.6. The smallest absolute Gasteiger partial charge is 0.234 e. The van der Waals surface area contributed by atoms with Gasteiger partial charge < -0.3 is 9.64 Å². The van der Waals surface area contributed by atoms with Crippen molar-refractivity contribution in [2.45, 2.75) is 136 Å². The number of amides is 1. The molecule has 0 saturated heterocycles. The van der Waals surface area contributed by atoms with E-state index in [9.17, 15) is 4.79 Å². The molecule has 256 valence electrons. The SMILES string of the molecule is CCCCCCCCCCCCn1cc(CN(C(=O)C2CCCc3c(OCc4ccccc4)cccc32)c2ccc(C(C)C)nc2)cn1. The monoisotopic (exact) mass is 648 g/mol. The van der Waals surface area contributed by atoms with Crippen LogP contribution in [0.4, 0.5) is 5.69 Å². The average molecular weight is 649 g/mol. The molecule has 1 atom stereocenters. The molecule has 0 radical (unpaired) electrons. The fourth-order valence-corrected chi connectivity index (χ4v) is 6.88. The minimum Gasteiger partial charge on any atom is -0.489 e. The zero-order valence-electron chi connectivity index (χ0n) is 29.6. The Labute approximate surface area is 288 Å². The van der Waals surface area contributed by atoms with Crippen LogP contribution in [0.3, 0.4) is 0 Å². The van der Waals surface area contributed by atoms with Gasteiger partial charge in [0.1, 0.15) is 12.4 Å². The predicted molar refractivity (Wildman–Crippen MR) is 196 cm³/mol. The largest absolute Gasteiger partial charge is 0.489 e. The Bertz CT molecular complexity index is 1530. The molecule has 2 aromatic heterocycles. The van der Waals surface area contributed by atoms with Crippen LogP contribution in [-0.4, -0.2) is 20.7 Å². The molecule has 1 aliphatic carbocycles. The van der Waals surface area contributed by atoms with Gasteiger partial charge >= 0.3 is 0 Å². The Morgan fingerprint density at radius 3 is 2.33 bits per heavy atom. The first-order chi connectivity index (χ1) is 23.5. The van der Waals surface area contributed by atoms with Crippen molar-refractivity contribution >= 4 is 11.6 Å². The molecule has 0 fully saturated rings. The summed E-state index contributed by atoms with van der Waals surface area (Å²) in [7, 11) is 0. The number of carbonyl (C=O) groups excluding carboxylic acids is 1.